The molecular formula is C17H29N3O3. The lowest BCUT2D eigenvalue weighted by atomic mass is 9.94. The highest BCUT2D eigenvalue weighted by Gasteiger charge is 2.26. The van der Waals surface area contributed by atoms with Gasteiger partial charge in [-0.3, -0.25) is 9.48 Å². The van der Waals surface area contributed by atoms with Crippen LogP contribution in [0.4, 0.5) is 0 Å². The van der Waals surface area contributed by atoms with Gasteiger partial charge in [0.25, 0.3) is 5.91 Å². The molecule has 23 heavy (non-hydrogen) atoms. The van der Waals surface area contributed by atoms with Crippen LogP contribution < -0.4 is 5.32 Å². The topological polar surface area (TPSA) is 76.4 Å². The van der Waals surface area contributed by atoms with Crippen LogP contribution in [0.5, 0.6) is 0 Å². The van der Waals surface area contributed by atoms with Gasteiger partial charge in [-0.1, -0.05) is 13.8 Å². The van der Waals surface area contributed by atoms with Crippen molar-refractivity contribution in [3.8, 4) is 0 Å². The highest BCUT2D eigenvalue weighted by Crippen LogP contribution is 2.26. The summed E-state index contributed by atoms with van der Waals surface area (Å²) < 4.78 is 7.12. The average Bonchev–Trinajstić information content (AvgIpc) is 3.13. The first-order valence-electron chi connectivity index (χ1n) is 8.51. The van der Waals surface area contributed by atoms with Crippen molar-refractivity contribution in [2.24, 2.45) is 18.9 Å². The Hall–Kier alpha value is -1.40. The first-order valence-corrected chi connectivity index (χ1v) is 8.51. The van der Waals surface area contributed by atoms with Crippen LogP contribution in [-0.2, 0) is 11.8 Å². The summed E-state index contributed by atoms with van der Waals surface area (Å²) in [5.74, 6) is 0.986. The summed E-state index contributed by atoms with van der Waals surface area (Å²) in [6, 6.07) is 0. The van der Waals surface area contributed by atoms with Gasteiger partial charge in [0.1, 0.15) is 0 Å². The lowest BCUT2D eigenvalue weighted by Crippen LogP contribution is -2.31. The first kappa shape index (κ1) is 17.9. The van der Waals surface area contributed by atoms with E-state index in [0.29, 0.717) is 30.6 Å². The molecule has 0 radical (unpaired) electrons. The predicted molar refractivity (Wildman–Crippen MR) is 88.4 cm³/mol. The third-order valence-corrected chi connectivity index (χ3v) is 4.31. The Morgan fingerprint density at radius 3 is 2.96 bits per heavy atom. The maximum Gasteiger partial charge on any atom is 0.254 e. The number of rotatable bonds is 8. The van der Waals surface area contributed by atoms with Gasteiger partial charge < -0.3 is 15.2 Å². The minimum Gasteiger partial charge on any atom is -0.396 e. The van der Waals surface area contributed by atoms with Gasteiger partial charge in [-0.15, -0.1) is 0 Å². The number of carbonyl (C=O) groups excluding carboxylic acids is 1. The number of aliphatic hydroxyl groups is 1. The quantitative estimate of drug-likeness (QED) is 0.763. The molecule has 6 nitrogen and oxygen atoms in total. The number of aryl methyl sites for hydroxylation is 1. The van der Waals surface area contributed by atoms with E-state index in [0.717, 1.165) is 31.6 Å². The van der Waals surface area contributed by atoms with Crippen molar-refractivity contribution < 1.29 is 14.6 Å². The normalized spacial score (nSPS) is 19.3. The zero-order valence-electron chi connectivity index (χ0n) is 14.4. The zero-order chi connectivity index (χ0) is 16.8. The molecule has 2 atom stereocenters. The monoisotopic (exact) mass is 323 g/mol. The third-order valence-electron chi connectivity index (χ3n) is 4.31. The second-order valence-electron chi connectivity index (χ2n) is 6.88. The molecule has 1 aromatic heterocycles. The SMILES string of the molecule is CC(C)C[C@H](CCO)CNC(=O)c1cn(C)nc1[C@@H]1CCOC1. The Kier molecular flexibility index (Phi) is 6.59. The molecule has 1 aromatic rings. The lowest BCUT2D eigenvalue weighted by molar-refractivity contribution is 0.0939. The fraction of sp³-hybridized carbons (Fsp3) is 0.765. The number of aliphatic hydroxyl groups excluding tert-OH is 1. The van der Waals surface area contributed by atoms with E-state index in [1.54, 1.807) is 10.9 Å². The Labute approximate surface area is 138 Å². The number of ether oxygens (including phenoxy) is 1. The number of aromatic nitrogens is 2. The number of amides is 1. The second kappa shape index (κ2) is 8.45. The van der Waals surface area contributed by atoms with E-state index in [1.165, 1.54) is 0 Å². The predicted octanol–water partition coefficient (Wildman–Crippen LogP) is 1.70. The molecule has 130 valence electrons. The van der Waals surface area contributed by atoms with E-state index >= 15 is 0 Å². The molecule has 2 rings (SSSR count). The summed E-state index contributed by atoms with van der Waals surface area (Å²) in [7, 11) is 1.84. The van der Waals surface area contributed by atoms with Crippen LogP contribution in [0.25, 0.3) is 0 Å². The van der Waals surface area contributed by atoms with Crippen molar-refractivity contribution in [1.29, 1.82) is 0 Å². The second-order valence-corrected chi connectivity index (χ2v) is 6.88. The fourth-order valence-electron chi connectivity index (χ4n) is 3.22. The van der Waals surface area contributed by atoms with Crippen LogP contribution in [0, 0.1) is 11.8 Å². The minimum absolute atomic E-state index is 0.0771. The van der Waals surface area contributed by atoms with Gasteiger partial charge in [0.05, 0.1) is 17.9 Å². The third kappa shape index (κ3) is 5.04. The van der Waals surface area contributed by atoms with Crippen LogP contribution in [0.2, 0.25) is 0 Å². The van der Waals surface area contributed by atoms with Gasteiger partial charge in [0.15, 0.2) is 0 Å². The molecule has 0 saturated carbocycles. The lowest BCUT2D eigenvalue weighted by Gasteiger charge is -2.18. The number of hydrogen-bond donors (Lipinski definition) is 2. The Bertz CT molecular complexity index is 507. The van der Waals surface area contributed by atoms with Crippen molar-refractivity contribution >= 4 is 5.91 Å². The molecule has 1 amide bonds. The van der Waals surface area contributed by atoms with Crippen molar-refractivity contribution in [2.75, 3.05) is 26.4 Å². The van der Waals surface area contributed by atoms with E-state index < -0.39 is 0 Å². The molecule has 1 aliphatic heterocycles. The molecule has 1 aliphatic rings. The van der Waals surface area contributed by atoms with Crippen molar-refractivity contribution in [2.45, 2.75) is 39.0 Å². The first-order chi connectivity index (χ1) is 11.0. The van der Waals surface area contributed by atoms with Crippen LogP contribution in [0.15, 0.2) is 6.20 Å². The van der Waals surface area contributed by atoms with E-state index in [2.05, 4.69) is 24.3 Å². The summed E-state index contributed by atoms with van der Waals surface area (Å²) in [6.45, 7) is 6.43. The summed E-state index contributed by atoms with van der Waals surface area (Å²) >= 11 is 0. The molecule has 0 bridgehead atoms. The minimum atomic E-state index is -0.0771. The molecule has 0 unspecified atom stereocenters. The van der Waals surface area contributed by atoms with Gasteiger partial charge >= 0.3 is 0 Å². The van der Waals surface area contributed by atoms with E-state index in [-0.39, 0.29) is 18.4 Å². The average molecular weight is 323 g/mol. The molecule has 6 heteroatoms. The molecular weight excluding hydrogens is 294 g/mol. The molecule has 0 aliphatic carbocycles. The Balaban J connectivity index is 1.99. The van der Waals surface area contributed by atoms with Crippen LogP contribution in [0.3, 0.4) is 0 Å². The highest BCUT2D eigenvalue weighted by atomic mass is 16.5. The molecule has 2 heterocycles. The van der Waals surface area contributed by atoms with Gasteiger partial charge in [-0.25, -0.2) is 0 Å². The zero-order valence-corrected chi connectivity index (χ0v) is 14.4. The van der Waals surface area contributed by atoms with Gasteiger partial charge in [0.2, 0.25) is 0 Å². The Morgan fingerprint density at radius 1 is 1.57 bits per heavy atom. The van der Waals surface area contributed by atoms with Crippen LogP contribution >= 0.6 is 0 Å². The van der Waals surface area contributed by atoms with Crippen molar-refractivity contribution in [1.82, 2.24) is 15.1 Å². The summed E-state index contributed by atoms with van der Waals surface area (Å²) in [5, 5.41) is 16.7. The highest BCUT2D eigenvalue weighted by molar-refractivity contribution is 5.95. The maximum absolute atomic E-state index is 12.6. The maximum atomic E-state index is 12.6. The number of nitrogens with one attached hydrogen (secondary N) is 1. The summed E-state index contributed by atoms with van der Waals surface area (Å²) in [5.41, 5.74) is 1.49. The molecule has 0 aromatic carbocycles. The van der Waals surface area contributed by atoms with Gasteiger partial charge in [0, 0.05) is 38.9 Å². The van der Waals surface area contributed by atoms with E-state index in [1.807, 2.05) is 7.05 Å². The van der Waals surface area contributed by atoms with Crippen molar-refractivity contribution in [3.05, 3.63) is 17.5 Å². The molecule has 2 N–H and O–H groups in total. The fourth-order valence-corrected chi connectivity index (χ4v) is 3.22. The van der Waals surface area contributed by atoms with Crippen LogP contribution in [-0.4, -0.2) is 47.2 Å². The number of carbonyl (C=O) groups is 1. The largest absolute Gasteiger partial charge is 0.396 e. The van der Waals surface area contributed by atoms with Crippen molar-refractivity contribution in [3.63, 3.8) is 0 Å². The smallest absolute Gasteiger partial charge is 0.254 e. The summed E-state index contributed by atoms with van der Waals surface area (Å²) in [4.78, 5) is 12.6. The molecule has 1 saturated heterocycles. The van der Waals surface area contributed by atoms with Crippen LogP contribution in [0.1, 0.15) is 55.1 Å². The summed E-state index contributed by atoms with van der Waals surface area (Å²) in [6.07, 6.45) is 4.41. The standard InChI is InChI=1S/C17H29N3O3/c1-12(2)8-13(4-6-21)9-18-17(22)15-10-20(3)19-16(15)14-5-7-23-11-14/h10,12-14,21H,4-9,11H2,1-3H3,(H,18,22)/t13-,14+/m0/s1. The number of hydrogen-bond acceptors (Lipinski definition) is 4. The Morgan fingerprint density at radius 2 is 2.35 bits per heavy atom. The number of nitrogens with zero attached hydrogens (tertiary/aromatic N) is 2. The molecule has 1 fully saturated rings. The van der Waals surface area contributed by atoms with Gasteiger partial charge in [-0.2, -0.15) is 5.10 Å². The molecule has 0 spiro atoms. The van der Waals surface area contributed by atoms with E-state index in [4.69, 9.17) is 4.74 Å². The van der Waals surface area contributed by atoms with Gasteiger partial charge in [-0.05, 0) is 31.1 Å². The van der Waals surface area contributed by atoms with E-state index in [9.17, 15) is 9.90 Å².